The fraction of sp³-hybridized carbons (Fsp3) is 0.333. The van der Waals surface area contributed by atoms with Gasteiger partial charge in [0.1, 0.15) is 12.3 Å². The molecule has 6 nitrogen and oxygen atoms in total. The Hall–Kier alpha value is -2.76. The van der Waals surface area contributed by atoms with Crippen molar-refractivity contribution in [2.75, 3.05) is 12.4 Å². The summed E-state index contributed by atoms with van der Waals surface area (Å²) in [6.07, 6.45) is -0.636. The summed E-state index contributed by atoms with van der Waals surface area (Å²) < 4.78 is 9.93. The Kier molecular flexibility index (Phi) is 5.28. The average Bonchev–Trinajstić information content (AvgIpc) is 2.97. The lowest BCUT2D eigenvalue weighted by molar-refractivity contribution is 0.0595. The molecule has 24 heavy (non-hydrogen) atoms. The van der Waals surface area contributed by atoms with E-state index in [1.165, 1.54) is 7.11 Å². The van der Waals surface area contributed by atoms with Gasteiger partial charge in [-0.2, -0.15) is 0 Å². The third-order valence-electron chi connectivity index (χ3n) is 3.46. The second-order valence-electron chi connectivity index (χ2n) is 6.40. The van der Waals surface area contributed by atoms with Crippen molar-refractivity contribution in [3.05, 3.63) is 53.3 Å². The molecule has 0 spiro atoms. The van der Waals surface area contributed by atoms with Gasteiger partial charge in [-0.15, -0.1) is 0 Å². The lowest BCUT2D eigenvalue weighted by Gasteiger charge is -2.15. The van der Waals surface area contributed by atoms with Crippen molar-refractivity contribution in [2.45, 2.75) is 32.8 Å². The minimum atomic E-state index is -0.636. The van der Waals surface area contributed by atoms with E-state index in [-0.39, 0.29) is 17.7 Å². The van der Waals surface area contributed by atoms with E-state index in [0.717, 1.165) is 11.3 Å². The highest BCUT2D eigenvalue weighted by atomic mass is 16.5. The van der Waals surface area contributed by atoms with Crippen LogP contribution in [0.1, 0.15) is 42.5 Å². The number of hydrogen-bond acceptors (Lipinski definition) is 4. The van der Waals surface area contributed by atoms with Crippen LogP contribution in [0.4, 0.5) is 10.5 Å². The summed E-state index contributed by atoms with van der Waals surface area (Å²) in [7, 11) is 1.29. The minimum Gasteiger partial charge on any atom is -0.464 e. The molecule has 6 heteroatoms. The second kappa shape index (κ2) is 7.21. The summed E-state index contributed by atoms with van der Waals surface area (Å²) in [5.74, 6) is -0.552. The van der Waals surface area contributed by atoms with Crippen LogP contribution in [-0.4, -0.2) is 24.2 Å². The molecule has 0 fully saturated rings. The van der Waals surface area contributed by atoms with Gasteiger partial charge < -0.3 is 14.5 Å². The number of methoxy groups -OCH3 is 1. The van der Waals surface area contributed by atoms with Crippen LogP contribution in [0.25, 0.3) is 0 Å². The number of benzene rings is 1. The van der Waals surface area contributed by atoms with E-state index in [1.807, 2.05) is 51.1 Å². The van der Waals surface area contributed by atoms with Gasteiger partial charge in [0, 0.05) is 11.1 Å². The van der Waals surface area contributed by atoms with Crippen LogP contribution >= 0.6 is 0 Å². The van der Waals surface area contributed by atoms with Crippen LogP contribution in [0.5, 0.6) is 0 Å². The number of H-pyrrole nitrogens is 1. The number of carbonyl (C=O) groups excluding carboxylic acids is 2. The molecule has 0 radical (unpaired) electrons. The predicted molar refractivity (Wildman–Crippen MR) is 91.1 cm³/mol. The highest BCUT2D eigenvalue weighted by Crippen LogP contribution is 2.27. The Morgan fingerprint density at radius 1 is 1.17 bits per heavy atom. The monoisotopic (exact) mass is 330 g/mol. The van der Waals surface area contributed by atoms with Gasteiger partial charge in [0.2, 0.25) is 0 Å². The maximum absolute atomic E-state index is 12.0. The van der Waals surface area contributed by atoms with Gasteiger partial charge >= 0.3 is 12.1 Å². The molecule has 0 atom stereocenters. The number of aromatic nitrogens is 1. The number of amides is 1. The van der Waals surface area contributed by atoms with Crippen molar-refractivity contribution in [1.29, 1.82) is 0 Å². The first-order chi connectivity index (χ1) is 11.3. The van der Waals surface area contributed by atoms with E-state index in [4.69, 9.17) is 9.47 Å². The lowest BCUT2D eigenvalue weighted by Crippen LogP contribution is -2.15. The molecule has 1 heterocycles. The van der Waals surface area contributed by atoms with E-state index in [1.54, 1.807) is 6.07 Å². The minimum absolute atomic E-state index is 0.150. The van der Waals surface area contributed by atoms with Crippen molar-refractivity contribution < 1.29 is 19.1 Å². The van der Waals surface area contributed by atoms with Gasteiger partial charge in [0.15, 0.2) is 0 Å². The van der Waals surface area contributed by atoms with Crippen LogP contribution in [0.3, 0.4) is 0 Å². The summed E-state index contributed by atoms with van der Waals surface area (Å²) >= 11 is 0. The van der Waals surface area contributed by atoms with Gasteiger partial charge in [-0.05, 0) is 11.6 Å². The van der Waals surface area contributed by atoms with Crippen LogP contribution in [0.15, 0.2) is 36.4 Å². The van der Waals surface area contributed by atoms with E-state index >= 15 is 0 Å². The van der Waals surface area contributed by atoms with Crippen LogP contribution < -0.4 is 5.32 Å². The molecular formula is C18H22N2O4. The Bertz CT molecular complexity index is 714. The summed E-state index contributed by atoms with van der Waals surface area (Å²) in [5.41, 5.74) is 2.01. The van der Waals surface area contributed by atoms with Crippen molar-refractivity contribution in [2.24, 2.45) is 0 Å². The van der Waals surface area contributed by atoms with Crippen molar-refractivity contribution >= 4 is 17.7 Å². The SMILES string of the molecule is COC(=O)c1[nH]c(C(C)(C)C)cc1NC(=O)OCc1ccccc1. The number of anilines is 1. The molecule has 1 aromatic heterocycles. The van der Waals surface area contributed by atoms with Crippen LogP contribution in [0.2, 0.25) is 0 Å². The smallest absolute Gasteiger partial charge is 0.412 e. The summed E-state index contributed by atoms with van der Waals surface area (Å²) in [4.78, 5) is 26.9. The Morgan fingerprint density at radius 2 is 1.83 bits per heavy atom. The molecule has 128 valence electrons. The Labute approximate surface area is 141 Å². The first kappa shape index (κ1) is 17.6. The highest BCUT2D eigenvalue weighted by Gasteiger charge is 2.24. The molecule has 0 bridgehead atoms. The average molecular weight is 330 g/mol. The Balaban J connectivity index is 2.11. The largest absolute Gasteiger partial charge is 0.464 e. The van der Waals surface area contributed by atoms with Gasteiger partial charge in [0.05, 0.1) is 12.8 Å². The zero-order valence-electron chi connectivity index (χ0n) is 14.3. The second-order valence-corrected chi connectivity index (χ2v) is 6.40. The van der Waals surface area contributed by atoms with E-state index in [9.17, 15) is 9.59 Å². The summed E-state index contributed by atoms with van der Waals surface area (Å²) in [6.45, 7) is 6.14. The van der Waals surface area contributed by atoms with E-state index in [2.05, 4.69) is 10.3 Å². The third-order valence-corrected chi connectivity index (χ3v) is 3.46. The zero-order valence-corrected chi connectivity index (χ0v) is 14.3. The van der Waals surface area contributed by atoms with Crippen LogP contribution in [0, 0.1) is 0 Å². The first-order valence-electron chi connectivity index (χ1n) is 7.61. The molecule has 0 aliphatic rings. The van der Waals surface area contributed by atoms with E-state index < -0.39 is 12.1 Å². The van der Waals surface area contributed by atoms with Crippen molar-refractivity contribution in [1.82, 2.24) is 4.98 Å². The number of rotatable bonds is 4. The number of nitrogens with one attached hydrogen (secondary N) is 2. The molecular weight excluding hydrogens is 308 g/mol. The number of carbonyl (C=O) groups is 2. The third kappa shape index (κ3) is 4.38. The molecule has 0 aliphatic heterocycles. The molecule has 1 amide bonds. The molecule has 2 aromatic rings. The maximum atomic E-state index is 12.0. The summed E-state index contributed by atoms with van der Waals surface area (Å²) in [6, 6.07) is 11.1. The Morgan fingerprint density at radius 3 is 2.42 bits per heavy atom. The van der Waals surface area contributed by atoms with Gasteiger partial charge in [-0.1, -0.05) is 51.1 Å². The number of ether oxygens (including phenoxy) is 2. The van der Waals surface area contributed by atoms with Crippen LogP contribution in [-0.2, 0) is 21.5 Å². The maximum Gasteiger partial charge on any atom is 0.412 e. The first-order valence-corrected chi connectivity index (χ1v) is 7.61. The normalized spacial score (nSPS) is 11.0. The molecule has 0 saturated carbocycles. The molecule has 2 rings (SSSR count). The number of esters is 1. The molecule has 0 unspecified atom stereocenters. The zero-order chi connectivity index (χ0) is 17.7. The fourth-order valence-electron chi connectivity index (χ4n) is 2.09. The number of hydrogen-bond donors (Lipinski definition) is 2. The highest BCUT2D eigenvalue weighted by molar-refractivity contribution is 5.98. The van der Waals surface area contributed by atoms with Gasteiger partial charge in [-0.3, -0.25) is 5.32 Å². The molecule has 1 aromatic carbocycles. The quantitative estimate of drug-likeness (QED) is 0.835. The van der Waals surface area contributed by atoms with E-state index in [0.29, 0.717) is 5.69 Å². The predicted octanol–water partition coefficient (Wildman–Crippen LogP) is 3.85. The topological polar surface area (TPSA) is 80.4 Å². The fourth-order valence-corrected chi connectivity index (χ4v) is 2.09. The standard InChI is InChI=1S/C18H22N2O4/c1-18(2,3)14-10-13(15(20-14)16(21)23-4)19-17(22)24-11-12-8-6-5-7-9-12/h5-10,20H,11H2,1-4H3,(H,19,22). The molecule has 0 aliphatic carbocycles. The summed E-state index contributed by atoms with van der Waals surface area (Å²) in [5, 5.41) is 2.60. The van der Waals surface area contributed by atoms with Crippen molar-refractivity contribution in [3.63, 3.8) is 0 Å². The van der Waals surface area contributed by atoms with Gasteiger partial charge in [0.25, 0.3) is 0 Å². The number of aromatic amines is 1. The lowest BCUT2D eigenvalue weighted by atomic mass is 9.92. The van der Waals surface area contributed by atoms with Crippen molar-refractivity contribution in [3.8, 4) is 0 Å². The molecule has 0 saturated heterocycles. The van der Waals surface area contributed by atoms with Gasteiger partial charge in [-0.25, -0.2) is 9.59 Å². The molecule has 2 N–H and O–H groups in total.